The first-order chi connectivity index (χ1) is 9.15. The molecule has 0 spiro atoms. The Morgan fingerprint density at radius 1 is 1.26 bits per heavy atom. The first-order valence-electron chi connectivity index (χ1n) is 6.71. The third-order valence-corrected chi connectivity index (χ3v) is 4.05. The maximum Gasteiger partial charge on any atom is 0.0465 e. The van der Waals surface area contributed by atoms with E-state index in [1.807, 2.05) is 18.2 Å². The zero-order chi connectivity index (χ0) is 13.7. The van der Waals surface area contributed by atoms with Gasteiger partial charge in [0.15, 0.2) is 0 Å². The van der Waals surface area contributed by atoms with Gasteiger partial charge in [-0.05, 0) is 24.7 Å². The Bertz CT molecular complexity index is 406. The van der Waals surface area contributed by atoms with Gasteiger partial charge in [0.2, 0.25) is 0 Å². The largest absolute Gasteiger partial charge is 0.314 e. The summed E-state index contributed by atoms with van der Waals surface area (Å²) < 4.78 is 0. The summed E-state index contributed by atoms with van der Waals surface area (Å²) in [6, 6.07) is 5.71. The van der Waals surface area contributed by atoms with Crippen LogP contribution in [0.4, 0.5) is 0 Å². The van der Waals surface area contributed by atoms with Gasteiger partial charge in [0, 0.05) is 55.9 Å². The van der Waals surface area contributed by atoms with Crippen molar-refractivity contribution in [2.24, 2.45) is 0 Å². The van der Waals surface area contributed by atoms with Gasteiger partial charge in [-0.3, -0.25) is 4.90 Å². The zero-order valence-corrected chi connectivity index (χ0v) is 12.8. The highest BCUT2D eigenvalue weighted by atomic mass is 35.5. The van der Waals surface area contributed by atoms with Crippen molar-refractivity contribution in [1.29, 1.82) is 0 Å². The third-order valence-electron chi connectivity index (χ3n) is 3.46. The number of rotatable bonds is 5. The Kier molecular flexibility index (Phi) is 5.92. The number of hydrogen-bond acceptors (Lipinski definition) is 3. The second kappa shape index (κ2) is 7.46. The van der Waals surface area contributed by atoms with Crippen LogP contribution in [0.25, 0.3) is 0 Å². The quantitative estimate of drug-likeness (QED) is 0.900. The van der Waals surface area contributed by atoms with Gasteiger partial charge in [-0.2, -0.15) is 0 Å². The fourth-order valence-electron chi connectivity index (χ4n) is 2.27. The Morgan fingerprint density at radius 3 is 2.68 bits per heavy atom. The van der Waals surface area contributed by atoms with Crippen LogP contribution in [0.3, 0.4) is 0 Å². The molecule has 1 fully saturated rings. The van der Waals surface area contributed by atoms with E-state index in [9.17, 15) is 0 Å². The normalized spacial score (nSPS) is 17.1. The molecular weight excluding hydrogens is 281 g/mol. The van der Waals surface area contributed by atoms with Crippen LogP contribution < -0.4 is 5.32 Å². The lowest BCUT2D eigenvalue weighted by Gasteiger charge is -2.29. The second-order valence-electron chi connectivity index (χ2n) is 5.07. The third kappa shape index (κ3) is 4.93. The highest BCUT2D eigenvalue weighted by Gasteiger charge is 2.11. The molecule has 1 aliphatic rings. The summed E-state index contributed by atoms with van der Waals surface area (Å²) in [6.07, 6.45) is 0. The molecule has 0 amide bonds. The first kappa shape index (κ1) is 15.1. The second-order valence-corrected chi connectivity index (χ2v) is 5.91. The van der Waals surface area contributed by atoms with E-state index in [-0.39, 0.29) is 0 Å². The molecule has 1 aliphatic heterocycles. The predicted molar refractivity (Wildman–Crippen MR) is 82.1 cm³/mol. The number of hydrogen-bond donors (Lipinski definition) is 1. The van der Waals surface area contributed by atoms with E-state index < -0.39 is 0 Å². The molecular formula is C14H21Cl2N3. The van der Waals surface area contributed by atoms with Crippen molar-refractivity contribution in [3.05, 3.63) is 33.8 Å². The van der Waals surface area contributed by atoms with Gasteiger partial charge in [-0.15, -0.1) is 0 Å². The Hall–Kier alpha value is -0.320. The van der Waals surface area contributed by atoms with Crippen LogP contribution in [0.1, 0.15) is 5.56 Å². The molecule has 19 heavy (non-hydrogen) atoms. The maximum absolute atomic E-state index is 6.19. The molecule has 0 radical (unpaired) electrons. The highest BCUT2D eigenvalue weighted by molar-refractivity contribution is 6.35. The summed E-state index contributed by atoms with van der Waals surface area (Å²) in [7, 11) is 2.13. The van der Waals surface area contributed by atoms with Crippen LogP contribution in [0.15, 0.2) is 18.2 Å². The van der Waals surface area contributed by atoms with Crippen molar-refractivity contribution in [2.45, 2.75) is 6.54 Å². The van der Waals surface area contributed by atoms with Gasteiger partial charge >= 0.3 is 0 Å². The van der Waals surface area contributed by atoms with Gasteiger partial charge in [0.25, 0.3) is 0 Å². The standard InChI is InChI=1S/C14H21Cl2N3/c1-18(8-9-19-6-4-17-5-7-19)11-12-2-3-13(15)10-14(12)16/h2-3,10,17H,4-9,11H2,1H3. The summed E-state index contributed by atoms with van der Waals surface area (Å²) in [4.78, 5) is 4.80. The van der Waals surface area contributed by atoms with E-state index in [4.69, 9.17) is 23.2 Å². The molecule has 1 aromatic rings. The minimum atomic E-state index is 0.692. The number of benzene rings is 1. The topological polar surface area (TPSA) is 18.5 Å². The minimum Gasteiger partial charge on any atom is -0.314 e. The number of nitrogens with zero attached hydrogens (tertiary/aromatic N) is 2. The molecule has 5 heteroatoms. The van der Waals surface area contributed by atoms with E-state index in [1.54, 1.807) is 0 Å². The molecule has 0 atom stereocenters. The van der Waals surface area contributed by atoms with Crippen LogP contribution in [0, 0.1) is 0 Å². The maximum atomic E-state index is 6.19. The van der Waals surface area contributed by atoms with Crippen molar-refractivity contribution in [3.8, 4) is 0 Å². The van der Waals surface area contributed by atoms with Crippen LogP contribution >= 0.6 is 23.2 Å². The molecule has 0 saturated carbocycles. The number of piperazine rings is 1. The predicted octanol–water partition coefficient (Wildman–Crippen LogP) is 2.33. The molecule has 1 aromatic carbocycles. The number of nitrogens with one attached hydrogen (secondary N) is 1. The molecule has 0 unspecified atom stereocenters. The molecule has 1 saturated heterocycles. The van der Waals surface area contributed by atoms with Crippen molar-refractivity contribution < 1.29 is 0 Å². The average molecular weight is 302 g/mol. The summed E-state index contributed by atoms with van der Waals surface area (Å²) in [5.74, 6) is 0. The molecule has 1 heterocycles. The van der Waals surface area contributed by atoms with Crippen LogP contribution in [0.5, 0.6) is 0 Å². The van der Waals surface area contributed by atoms with Gasteiger partial charge in [-0.1, -0.05) is 29.3 Å². The monoisotopic (exact) mass is 301 g/mol. The number of likely N-dealkylation sites (N-methyl/N-ethyl adjacent to an activating group) is 1. The van der Waals surface area contributed by atoms with E-state index in [0.717, 1.165) is 56.4 Å². The smallest absolute Gasteiger partial charge is 0.0465 e. The average Bonchev–Trinajstić information content (AvgIpc) is 2.41. The van der Waals surface area contributed by atoms with Gasteiger partial charge < -0.3 is 10.2 Å². The summed E-state index contributed by atoms with van der Waals surface area (Å²) in [6.45, 7) is 7.54. The molecule has 0 aliphatic carbocycles. The van der Waals surface area contributed by atoms with Crippen LogP contribution in [-0.2, 0) is 6.54 Å². The van der Waals surface area contributed by atoms with E-state index >= 15 is 0 Å². The Balaban J connectivity index is 1.78. The molecule has 2 rings (SSSR count). The van der Waals surface area contributed by atoms with Gasteiger partial charge in [0.1, 0.15) is 0 Å². The van der Waals surface area contributed by atoms with E-state index in [2.05, 4.69) is 22.2 Å². The molecule has 0 bridgehead atoms. The highest BCUT2D eigenvalue weighted by Crippen LogP contribution is 2.21. The van der Waals surface area contributed by atoms with E-state index in [1.165, 1.54) is 0 Å². The Morgan fingerprint density at radius 2 is 2.00 bits per heavy atom. The summed E-state index contributed by atoms with van der Waals surface area (Å²) in [5, 5.41) is 4.81. The number of halogens is 2. The van der Waals surface area contributed by atoms with E-state index in [0.29, 0.717) is 5.02 Å². The summed E-state index contributed by atoms with van der Waals surface area (Å²) in [5.41, 5.74) is 1.13. The summed E-state index contributed by atoms with van der Waals surface area (Å²) >= 11 is 12.1. The molecule has 106 valence electrons. The van der Waals surface area contributed by atoms with Crippen LogP contribution in [-0.4, -0.2) is 56.1 Å². The fraction of sp³-hybridized carbons (Fsp3) is 0.571. The minimum absolute atomic E-state index is 0.692. The lowest BCUT2D eigenvalue weighted by molar-refractivity contribution is 0.202. The van der Waals surface area contributed by atoms with Crippen molar-refractivity contribution in [2.75, 3.05) is 46.3 Å². The lowest BCUT2D eigenvalue weighted by atomic mass is 10.2. The van der Waals surface area contributed by atoms with Crippen LogP contribution in [0.2, 0.25) is 10.0 Å². The van der Waals surface area contributed by atoms with Crippen molar-refractivity contribution >= 4 is 23.2 Å². The Labute approximate surface area is 125 Å². The molecule has 1 N–H and O–H groups in total. The lowest BCUT2D eigenvalue weighted by Crippen LogP contribution is -2.45. The molecule has 3 nitrogen and oxygen atoms in total. The van der Waals surface area contributed by atoms with Crippen molar-refractivity contribution in [1.82, 2.24) is 15.1 Å². The molecule has 0 aromatic heterocycles. The first-order valence-corrected chi connectivity index (χ1v) is 7.46. The van der Waals surface area contributed by atoms with Gasteiger partial charge in [0.05, 0.1) is 0 Å². The zero-order valence-electron chi connectivity index (χ0n) is 11.3. The van der Waals surface area contributed by atoms with Gasteiger partial charge in [-0.25, -0.2) is 0 Å². The SMILES string of the molecule is CN(CCN1CCNCC1)Cc1ccc(Cl)cc1Cl. The fourth-order valence-corrected chi connectivity index (χ4v) is 2.73. The van der Waals surface area contributed by atoms with Crippen molar-refractivity contribution in [3.63, 3.8) is 0 Å².